The Bertz CT molecular complexity index is 1200. The lowest BCUT2D eigenvalue weighted by Crippen LogP contribution is -2.57. The number of likely N-dealkylation sites (tertiary alicyclic amines) is 1. The standard InChI is InChI=1S/C29H34F6N4O3/c1-36(2)14-15-42-27(41)38-12-10-37(11-13-38)25-8-9-39(19-24(25)20-6-4-3-5-7-20)26(40)21-16-22(28(30,31)32)18-23(17-21)29(33,34)35/h3-7,16-18,24-25H,8-15,19H2,1-2H3/t24-,25-/m0/s1. The maximum absolute atomic E-state index is 13.4. The number of halogens is 6. The predicted molar refractivity (Wildman–Crippen MR) is 143 cm³/mol. The molecule has 0 aliphatic carbocycles. The Kier molecular flexibility index (Phi) is 9.71. The molecule has 42 heavy (non-hydrogen) atoms. The van der Waals surface area contributed by atoms with E-state index in [1.165, 1.54) is 4.90 Å². The van der Waals surface area contributed by atoms with Crippen LogP contribution in [0.4, 0.5) is 31.1 Å². The lowest BCUT2D eigenvalue weighted by Gasteiger charge is -2.46. The molecule has 0 bridgehead atoms. The quantitative estimate of drug-likeness (QED) is 0.435. The predicted octanol–water partition coefficient (Wildman–Crippen LogP) is 5.04. The summed E-state index contributed by atoms with van der Waals surface area (Å²) in [5.74, 6) is -1.12. The fourth-order valence-corrected chi connectivity index (χ4v) is 5.49. The zero-order chi connectivity index (χ0) is 30.7. The molecule has 7 nitrogen and oxygen atoms in total. The average molecular weight is 601 g/mol. The van der Waals surface area contributed by atoms with Gasteiger partial charge in [0.05, 0.1) is 11.1 Å². The molecule has 2 aliphatic heterocycles. The molecule has 2 heterocycles. The van der Waals surface area contributed by atoms with Gasteiger partial charge in [-0.15, -0.1) is 0 Å². The Morgan fingerprint density at radius 2 is 1.45 bits per heavy atom. The highest BCUT2D eigenvalue weighted by Gasteiger charge is 2.40. The summed E-state index contributed by atoms with van der Waals surface area (Å²) in [6.07, 6.45) is -10.0. The largest absolute Gasteiger partial charge is 0.448 e. The molecule has 2 aliphatic rings. The number of piperidine rings is 1. The number of nitrogens with zero attached hydrogens (tertiary/aromatic N) is 4. The summed E-state index contributed by atoms with van der Waals surface area (Å²) in [7, 11) is 3.77. The highest BCUT2D eigenvalue weighted by molar-refractivity contribution is 5.95. The van der Waals surface area contributed by atoms with E-state index in [0.717, 1.165) is 5.56 Å². The molecule has 2 aromatic carbocycles. The number of amides is 2. The zero-order valence-corrected chi connectivity index (χ0v) is 23.4. The van der Waals surface area contributed by atoms with Crippen LogP contribution in [0, 0.1) is 0 Å². The van der Waals surface area contributed by atoms with E-state index >= 15 is 0 Å². The van der Waals surface area contributed by atoms with Crippen LogP contribution < -0.4 is 0 Å². The molecular formula is C29H34F6N4O3. The minimum Gasteiger partial charge on any atom is -0.448 e. The third kappa shape index (κ3) is 7.74. The zero-order valence-electron chi connectivity index (χ0n) is 23.4. The maximum Gasteiger partial charge on any atom is 0.416 e. The van der Waals surface area contributed by atoms with E-state index in [-0.39, 0.29) is 43.8 Å². The minimum atomic E-state index is -5.04. The van der Waals surface area contributed by atoms with Crippen LogP contribution in [0.1, 0.15) is 39.4 Å². The number of alkyl halides is 6. The molecule has 0 aromatic heterocycles. The van der Waals surface area contributed by atoms with E-state index in [0.29, 0.717) is 51.3 Å². The van der Waals surface area contributed by atoms with Gasteiger partial charge in [-0.25, -0.2) is 4.79 Å². The van der Waals surface area contributed by atoms with E-state index in [1.807, 2.05) is 49.3 Å². The molecule has 0 radical (unpaired) electrons. The average Bonchev–Trinajstić information content (AvgIpc) is 2.95. The third-order valence-electron chi connectivity index (χ3n) is 7.73. The van der Waals surface area contributed by atoms with Gasteiger partial charge < -0.3 is 19.4 Å². The highest BCUT2D eigenvalue weighted by atomic mass is 19.4. The highest BCUT2D eigenvalue weighted by Crippen LogP contribution is 2.38. The van der Waals surface area contributed by atoms with Crippen molar-refractivity contribution >= 4 is 12.0 Å². The molecule has 0 N–H and O–H groups in total. The Morgan fingerprint density at radius 3 is 2.00 bits per heavy atom. The molecule has 230 valence electrons. The van der Waals surface area contributed by atoms with Gasteiger partial charge >= 0.3 is 18.4 Å². The fraction of sp³-hybridized carbons (Fsp3) is 0.517. The van der Waals surface area contributed by atoms with Gasteiger partial charge in [0.2, 0.25) is 0 Å². The van der Waals surface area contributed by atoms with Crippen LogP contribution in [0.15, 0.2) is 48.5 Å². The first-order valence-corrected chi connectivity index (χ1v) is 13.7. The van der Waals surface area contributed by atoms with Crippen molar-refractivity contribution in [1.29, 1.82) is 0 Å². The SMILES string of the molecule is CN(C)CCOC(=O)N1CCN([C@H]2CCN(C(=O)c3cc(C(F)(F)F)cc(C(F)(F)F)c3)C[C@H]2c2ccccc2)CC1. The minimum absolute atomic E-state index is 0.0213. The number of carbonyl (C=O) groups excluding carboxylic acids is 2. The van der Waals surface area contributed by atoms with Crippen LogP contribution in [0.25, 0.3) is 0 Å². The van der Waals surface area contributed by atoms with Gasteiger partial charge in [0, 0.05) is 63.3 Å². The van der Waals surface area contributed by atoms with Gasteiger partial charge in [-0.2, -0.15) is 26.3 Å². The first kappa shape index (κ1) is 31.6. The summed E-state index contributed by atoms with van der Waals surface area (Å²) in [5.41, 5.74) is -2.78. The van der Waals surface area contributed by atoms with Crippen LogP contribution >= 0.6 is 0 Å². The second-order valence-corrected chi connectivity index (χ2v) is 10.9. The molecule has 2 saturated heterocycles. The smallest absolute Gasteiger partial charge is 0.416 e. The summed E-state index contributed by atoms with van der Waals surface area (Å²) in [6, 6.07) is 10.3. The molecule has 0 spiro atoms. The molecule has 2 fully saturated rings. The summed E-state index contributed by atoms with van der Waals surface area (Å²) in [4.78, 5) is 33.0. The van der Waals surface area contributed by atoms with Crippen LogP contribution in [0.5, 0.6) is 0 Å². The Hall–Kier alpha value is -3.32. The number of piperazine rings is 1. The Labute approximate surface area is 240 Å². The summed E-state index contributed by atoms with van der Waals surface area (Å²) < 4.78 is 85.9. The molecule has 2 aromatic rings. The molecule has 13 heteroatoms. The Balaban J connectivity index is 1.50. The Morgan fingerprint density at radius 1 is 0.857 bits per heavy atom. The number of likely N-dealkylation sites (N-methyl/N-ethyl adjacent to an activating group) is 1. The van der Waals surface area contributed by atoms with Gasteiger partial charge in [0.1, 0.15) is 6.61 Å². The van der Waals surface area contributed by atoms with Crippen molar-refractivity contribution in [2.24, 2.45) is 0 Å². The molecular weight excluding hydrogens is 566 g/mol. The van der Waals surface area contributed by atoms with E-state index < -0.39 is 35.0 Å². The normalized spacial score (nSPS) is 20.6. The van der Waals surface area contributed by atoms with E-state index in [9.17, 15) is 35.9 Å². The number of hydrogen-bond donors (Lipinski definition) is 0. The number of ether oxygens (including phenoxy) is 1. The van der Waals surface area contributed by atoms with Gasteiger partial charge in [0.15, 0.2) is 0 Å². The van der Waals surface area contributed by atoms with E-state index in [2.05, 4.69) is 4.90 Å². The fourth-order valence-electron chi connectivity index (χ4n) is 5.49. The number of rotatable bonds is 6. The number of benzene rings is 2. The second kappa shape index (κ2) is 12.9. The van der Waals surface area contributed by atoms with Crippen molar-refractivity contribution in [3.8, 4) is 0 Å². The van der Waals surface area contributed by atoms with Gasteiger partial charge in [-0.1, -0.05) is 30.3 Å². The van der Waals surface area contributed by atoms with Gasteiger partial charge in [-0.3, -0.25) is 9.69 Å². The molecule has 0 unspecified atom stereocenters. The van der Waals surface area contributed by atoms with Crippen molar-refractivity contribution in [1.82, 2.24) is 19.6 Å². The van der Waals surface area contributed by atoms with Crippen LogP contribution in [0.3, 0.4) is 0 Å². The second-order valence-electron chi connectivity index (χ2n) is 10.9. The maximum atomic E-state index is 13.4. The summed E-state index contributed by atoms with van der Waals surface area (Å²) in [6.45, 7) is 3.21. The van der Waals surface area contributed by atoms with Crippen LogP contribution in [-0.4, -0.2) is 104 Å². The first-order valence-electron chi connectivity index (χ1n) is 13.7. The molecule has 4 rings (SSSR count). The lowest BCUT2D eigenvalue weighted by molar-refractivity contribution is -0.143. The lowest BCUT2D eigenvalue weighted by atomic mass is 9.84. The van der Waals surface area contributed by atoms with Crippen molar-refractivity contribution in [3.63, 3.8) is 0 Å². The number of hydrogen-bond acceptors (Lipinski definition) is 5. The van der Waals surface area contributed by atoms with Crippen LogP contribution in [-0.2, 0) is 17.1 Å². The number of carbonyl (C=O) groups is 2. The van der Waals surface area contributed by atoms with E-state index in [1.54, 1.807) is 4.90 Å². The van der Waals surface area contributed by atoms with Crippen LogP contribution in [0.2, 0.25) is 0 Å². The van der Waals surface area contributed by atoms with Gasteiger partial charge in [-0.05, 0) is 44.3 Å². The first-order chi connectivity index (χ1) is 19.7. The van der Waals surface area contributed by atoms with Crippen molar-refractivity contribution in [2.75, 3.05) is 66.5 Å². The monoisotopic (exact) mass is 600 g/mol. The van der Waals surface area contributed by atoms with E-state index in [4.69, 9.17) is 4.74 Å². The van der Waals surface area contributed by atoms with Crippen molar-refractivity contribution in [2.45, 2.75) is 30.7 Å². The van der Waals surface area contributed by atoms with Gasteiger partial charge in [0.25, 0.3) is 5.91 Å². The van der Waals surface area contributed by atoms with Crippen molar-refractivity contribution < 1.29 is 40.7 Å². The third-order valence-corrected chi connectivity index (χ3v) is 7.73. The topological polar surface area (TPSA) is 56.3 Å². The summed E-state index contributed by atoms with van der Waals surface area (Å²) in [5, 5.41) is 0. The summed E-state index contributed by atoms with van der Waals surface area (Å²) >= 11 is 0. The molecule has 0 saturated carbocycles. The molecule has 2 amide bonds. The molecule has 2 atom stereocenters. The van der Waals surface area contributed by atoms with Crippen molar-refractivity contribution in [3.05, 3.63) is 70.8 Å².